The van der Waals surface area contributed by atoms with Crippen molar-refractivity contribution < 1.29 is 9.53 Å². The minimum absolute atomic E-state index is 0.0354. The number of hydrogen-bond donors (Lipinski definition) is 3. The summed E-state index contributed by atoms with van der Waals surface area (Å²) in [6.45, 7) is 2.64. The first-order chi connectivity index (χ1) is 10.3. The molecule has 0 bridgehead atoms. The second-order valence-electron chi connectivity index (χ2n) is 5.16. The predicted octanol–water partition coefficient (Wildman–Crippen LogP) is 0.600. The van der Waals surface area contributed by atoms with E-state index >= 15 is 0 Å². The van der Waals surface area contributed by atoms with Crippen LogP contribution < -0.4 is 10.6 Å². The van der Waals surface area contributed by atoms with Gasteiger partial charge < -0.3 is 20.4 Å². The highest BCUT2D eigenvalue weighted by Crippen LogP contribution is 2.11. The zero-order valence-electron chi connectivity index (χ0n) is 11.9. The van der Waals surface area contributed by atoms with Crippen LogP contribution >= 0.6 is 0 Å². The molecule has 2 aromatic rings. The van der Waals surface area contributed by atoms with Gasteiger partial charge in [0.15, 0.2) is 0 Å². The van der Waals surface area contributed by atoms with Gasteiger partial charge in [-0.2, -0.15) is 0 Å². The van der Waals surface area contributed by atoms with Crippen molar-refractivity contribution in [1.82, 2.24) is 20.6 Å². The molecule has 6 heteroatoms. The summed E-state index contributed by atoms with van der Waals surface area (Å²) in [6.07, 6.45) is 1.31. The molecule has 0 saturated carbocycles. The van der Waals surface area contributed by atoms with Crippen molar-refractivity contribution in [3.8, 4) is 0 Å². The van der Waals surface area contributed by atoms with Gasteiger partial charge in [-0.05, 0) is 18.6 Å². The third-order valence-corrected chi connectivity index (χ3v) is 3.55. The summed E-state index contributed by atoms with van der Waals surface area (Å²) in [5.41, 5.74) is 2.04. The van der Waals surface area contributed by atoms with E-state index < -0.39 is 0 Å². The number of morpholine rings is 1. The minimum atomic E-state index is -0.357. The summed E-state index contributed by atoms with van der Waals surface area (Å²) in [7, 11) is 0. The molecule has 1 aliphatic heterocycles. The second kappa shape index (κ2) is 6.69. The van der Waals surface area contributed by atoms with Gasteiger partial charge in [0.1, 0.15) is 11.9 Å². The van der Waals surface area contributed by atoms with Crippen molar-refractivity contribution in [2.24, 2.45) is 0 Å². The van der Waals surface area contributed by atoms with Crippen LogP contribution in [0.1, 0.15) is 12.2 Å². The molecule has 21 heavy (non-hydrogen) atoms. The maximum atomic E-state index is 11.9. The summed E-state index contributed by atoms with van der Waals surface area (Å²) < 4.78 is 5.40. The van der Waals surface area contributed by atoms with Gasteiger partial charge in [0.05, 0.1) is 17.6 Å². The molecule has 1 unspecified atom stereocenters. The van der Waals surface area contributed by atoms with Crippen LogP contribution in [-0.2, 0) is 16.0 Å². The van der Waals surface area contributed by atoms with Crippen LogP contribution in [0.2, 0.25) is 0 Å². The molecule has 0 spiro atoms. The summed E-state index contributed by atoms with van der Waals surface area (Å²) >= 11 is 0. The maximum Gasteiger partial charge on any atom is 0.250 e. The third-order valence-electron chi connectivity index (χ3n) is 3.55. The van der Waals surface area contributed by atoms with E-state index in [0.717, 1.165) is 36.2 Å². The molecule has 1 saturated heterocycles. The number of aromatic amines is 1. The Hall–Kier alpha value is -1.92. The van der Waals surface area contributed by atoms with E-state index in [1.165, 1.54) is 0 Å². The SMILES string of the molecule is O=C(NCCCc1nc2ccccc2[nH]1)C1CNCCO1. The fourth-order valence-corrected chi connectivity index (χ4v) is 2.44. The van der Waals surface area contributed by atoms with E-state index in [-0.39, 0.29) is 12.0 Å². The maximum absolute atomic E-state index is 11.9. The molecule has 1 aliphatic rings. The zero-order valence-corrected chi connectivity index (χ0v) is 11.9. The first kappa shape index (κ1) is 14.0. The Morgan fingerprint density at radius 3 is 3.14 bits per heavy atom. The average molecular weight is 288 g/mol. The molecule has 3 rings (SSSR count). The lowest BCUT2D eigenvalue weighted by atomic mass is 10.2. The van der Waals surface area contributed by atoms with Crippen molar-refractivity contribution >= 4 is 16.9 Å². The Morgan fingerprint density at radius 2 is 2.33 bits per heavy atom. The quantitative estimate of drug-likeness (QED) is 0.704. The fraction of sp³-hybridized carbons (Fsp3) is 0.467. The number of aryl methyl sites for hydroxylation is 1. The van der Waals surface area contributed by atoms with Crippen LogP contribution in [0.4, 0.5) is 0 Å². The molecular weight excluding hydrogens is 268 g/mol. The van der Waals surface area contributed by atoms with Crippen LogP contribution in [0.15, 0.2) is 24.3 Å². The van der Waals surface area contributed by atoms with Crippen LogP contribution in [0.25, 0.3) is 11.0 Å². The number of carbonyl (C=O) groups excluding carboxylic acids is 1. The lowest BCUT2D eigenvalue weighted by Gasteiger charge is -2.22. The summed E-state index contributed by atoms with van der Waals surface area (Å²) in [6, 6.07) is 7.97. The van der Waals surface area contributed by atoms with Gasteiger partial charge in [-0.1, -0.05) is 12.1 Å². The molecule has 1 atom stereocenters. The lowest BCUT2D eigenvalue weighted by molar-refractivity contribution is -0.134. The highest BCUT2D eigenvalue weighted by atomic mass is 16.5. The van der Waals surface area contributed by atoms with Crippen molar-refractivity contribution in [2.75, 3.05) is 26.2 Å². The van der Waals surface area contributed by atoms with E-state index in [1.807, 2.05) is 24.3 Å². The predicted molar refractivity (Wildman–Crippen MR) is 80.0 cm³/mol. The van der Waals surface area contributed by atoms with Crippen LogP contribution in [0.3, 0.4) is 0 Å². The first-order valence-corrected chi connectivity index (χ1v) is 7.36. The summed E-state index contributed by atoms with van der Waals surface area (Å²) in [5, 5.41) is 6.06. The Morgan fingerprint density at radius 1 is 1.43 bits per heavy atom. The number of ether oxygens (including phenoxy) is 1. The number of rotatable bonds is 5. The summed E-state index contributed by atoms with van der Waals surface area (Å²) in [4.78, 5) is 19.7. The highest BCUT2D eigenvalue weighted by Gasteiger charge is 2.20. The Kier molecular flexibility index (Phi) is 4.47. The van der Waals surface area contributed by atoms with Gasteiger partial charge in [-0.25, -0.2) is 4.98 Å². The van der Waals surface area contributed by atoms with Crippen molar-refractivity contribution in [1.29, 1.82) is 0 Å². The Balaban J connectivity index is 1.42. The van der Waals surface area contributed by atoms with E-state index in [2.05, 4.69) is 20.6 Å². The van der Waals surface area contributed by atoms with Gasteiger partial charge in [0, 0.05) is 26.1 Å². The molecule has 1 fully saturated rings. The zero-order chi connectivity index (χ0) is 14.5. The van der Waals surface area contributed by atoms with Crippen LogP contribution in [0, 0.1) is 0 Å². The van der Waals surface area contributed by atoms with E-state index in [4.69, 9.17) is 4.74 Å². The molecule has 1 amide bonds. The minimum Gasteiger partial charge on any atom is -0.366 e. The third kappa shape index (κ3) is 3.59. The first-order valence-electron chi connectivity index (χ1n) is 7.36. The van der Waals surface area contributed by atoms with Gasteiger partial charge in [-0.15, -0.1) is 0 Å². The largest absolute Gasteiger partial charge is 0.366 e. The number of imidazole rings is 1. The standard InChI is InChI=1S/C15H20N4O2/c20-15(13-10-16-8-9-21-13)17-7-3-6-14-18-11-4-1-2-5-12(11)19-14/h1-2,4-5,13,16H,3,6-10H2,(H,17,20)(H,18,19). The molecule has 1 aromatic carbocycles. The lowest BCUT2D eigenvalue weighted by Crippen LogP contribution is -2.48. The number of hydrogen-bond acceptors (Lipinski definition) is 4. The number of para-hydroxylation sites is 2. The highest BCUT2D eigenvalue weighted by molar-refractivity contribution is 5.81. The molecule has 3 N–H and O–H groups in total. The van der Waals surface area contributed by atoms with E-state index in [9.17, 15) is 4.79 Å². The molecule has 2 heterocycles. The van der Waals surface area contributed by atoms with Crippen LogP contribution in [-0.4, -0.2) is 48.2 Å². The Labute approximate surface area is 123 Å². The van der Waals surface area contributed by atoms with Gasteiger partial charge in [0.2, 0.25) is 5.91 Å². The molecule has 1 aromatic heterocycles. The van der Waals surface area contributed by atoms with Crippen LogP contribution in [0.5, 0.6) is 0 Å². The number of benzene rings is 1. The smallest absolute Gasteiger partial charge is 0.250 e. The number of amides is 1. The average Bonchev–Trinajstić information content (AvgIpc) is 2.95. The number of aromatic nitrogens is 2. The number of fused-ring (bicyclic) bond motifs is 1. The Bertz CT molecular complexity index is 571. The van der Waals surface area contributed by atoms with Crippen molar-refractivity contribution in [3.63, 3.8) is 0 Å². The number of carbonyl (C=O) groups is 1. The van der Waals surface area contributed by atoms with Crippen molar-refractivity contribution in [3.05, 3.63) is 30.1 Å². The van der Waals surface area contributed by atoms with Gasteiger partial charge in [-0.3, -0.25) is 4.79 Å². The van der Waals surface area contributed by atoms with Gasteiger partial charge in [0.25, 0.3) is 0 Å². The molecule has 112 valence electrons. The summed E-state index contributed by atoms with van der Waals surface area (Å²) in [5.74, 6) is 0.924. The van der Waals surface area contributed by atoms with E-state index in [1.54, 1.807) is 0 Å². The number of H-pyrrole nitrogens is 1. The number of nitrogens with zero attached hydrogens (tertiary/aromatic N) is 1. The fourth-order valence-electron chi connectivity index (χ4n) is 2.44. The molecule has 0 aliphatic carbocycles. The molecular formula is C15H20N4O2. The topological polar surface area (TPSA) is 79.0 Å². The van der Waals surface area contributed by atoms with Crippen molar-refractivity contribution in [2.45, 2.75) is 18.9 Å². The second-order valence-corrected chi connectivity index (χ2v) is 5.16. The van der Waals surface area contributed by atoms with Gasteiger partial charge >= 0.3 is 0 Å². The monoisotopic (exact) mass is 288 g/mol. The van der Waals surface area contributed by atoms with E-state index in [0.29, 0.717) is 19.7 Å². The normalized spacial score (nSPS) is 18.8. The molecule has 0 radical (unpaired) electrons. The molecule has 6 nitrogen and oxygen atoms in total. The number of nitrogens with one attached hydrogen (secondary N) is 3.